The van der Waals surface area contributed by atoms with Crippen LogP contribution in [0.3, 0.4) is 0 Å². The molecule has 1 aromatic heterocycles. The van der Waals surface area contributed by atoms with Gasteiger partial charge in [0.05, 0.1) is 0 Å². The average molecular weight is 178 g/mol. The second-order valence-corrected chi connectivity index (χ2v) is 2.27. The molecule has 2 heteroatoms. The van der Waals surface area contributed by atoms with Crippen LogP contribution in [0.25, 0.3) is 12.2 Å². The monoisotopic (exact) mass is 178 g/mol. The SMILES string of the molecule is C.C=C/C=c1/ccc(=O)o/c1=C/C. The minimum atomic E-state index is -0.329. The molecule has 1 aromatic rings. The van der Waals surface area contributed by atoms with Crippen LogP contribution in [0.1, 0.15) is 14.4 Å². The Hall–Kier alpha value is -1.57. The Kier molecular flexibility index (Phi) is 4.52. The fraction of sp³-hybridized carbons (Fsp3) is 0.182. The first-order chi connectivity index (χ1) is 5.77. The molecule has 0 amide bonds. The highest BCUT2D eigenvalue weighted by Crippen LogP contribution is 1.66. The summed E-state index contributed by atoms with van der Waals surface area (Å²) in [6.45, 7) is 5.38. The molecule has 0 aliphatic heterocycles. The second-order valence-electron chi connectivity index (χ2n) is 2.27. The predicted molar refractivity (Wildman–Crippen MR) is 55.8 cm³/mol. The van der Waals surface area contributed by atoms with Crippen LogP contribution >= 0.6 is 0 Å². The highest BCUT2D eigenvalue weighted by Gasteiger charge is 1.86. The van der Waals surface area contributed by atoms with Gasteiger partial charge >= 0.3 is 5.63 Å². The summed E-state index contributed by atoms with van der Waals surface area (Å²) >= 11 is 0. The Morgan fingerprint density at radius 1 is 1.46 bits per heavy atom. The van der Waals surface area contributed by atoms with Crippen molar-refractivity contribution < 1.29 is 4.42 Å². The normalized spacial score (nSPS) is 12.4. The van der Waals surface area contributed by atoms with E-state index in [-0.39, 0.29) is 13.1 Å². The highest BCUT2D eigenvalue weighted by atomic mass is 16.4. The summed E-state index contributed by atoms with van der Waals surface area (Å²) in [6.07, 6.45) is 5.19. The van der Waals surface area contributed by atoms with E-state index in [0.29, 0.717) is 5.42 Å². The molecule has 1 rings (SSSR count). The first kappa shape index (κ1) is 11.4. The van der Waals surface area contributed by atoms with Crippen molar-refractivity contribution in [3.8, 4) is 0 Å². The minimum Gasteiger partial charge on any atom is -0.423 e. The maximum Gasteiger partial charge on any atom is 0.336 e. The van der Waals surface area contributed by atoms with Crippen molar-refractivity contribution in [3.05, 3.63) is 45.8 Å². The van der Waals surface area contributed by atoms with Crippen molar-refractivity contribution in [2.45, 2.75) is 14.4 Å². The standard InChI is InChI=1S/C10H10O2.CH4/c1-3-5-8-6-7-10(11)12-9(8)4-2;/h3-7H,1H2,2H3;1H4/b8-5-,9-4+;. The fourth-order valence-corrected chi connectivity index (χ4v) is 0.932. The molecule has 0 N–H and O–H groups in total. The molecule has 13 heavy (non-hydrogen) atoms. The third-order valence-electron chi connectivity index (χ3n) is 1.45. The molecule has 0 aliphatic rings. The van der Waals surface area contributed by atoms with Gasteiger partial charge in [0.25, 0.3) is 0 Å². The Bertz CT molecular complexity index is 438. The third kappa shape index (κ3) is 2.75. The van der Waals surface area contributed by atoms with Crippen LogP contribution < -0.4 is 16.3 Å². The minimum absolute atomic E-state index is 0. The van der Waals surface area contributed by atoms with Gasteiger partial charge in [-0.1, -0.05) is 26.2 Å². The van der Waals surface area contributed by atoms with Crippen molar-refractivity contribution in [3.63, 3.8) is 0 Å². The van der Waals surface area contributed by atoms with E-state index in [2.05, 4.69) is 6.58 Å². The van der Waals surface area contributed by atoms with Gasteiger partial charge in [-0.05, 0) is 19.1 Å². The van der Waals surface area contributed by atoms with Crippen molar-refractivity contribution >= 4 is 12.2 Å². The second kappa shape index (κ2) is 5.14. The number of rotatable bonds is 1. The zero-order valence-electron chi connectivity index (χ0n) is 6.91. The van der Waals surface area contributed by atoms with E-state index < -0.39 is 0 Å². The van der Waals surface area contributed by atoms with Crippen LogP contribution in [0.5, 0.6) is 0 Å². The molecule has 0 saturated heterocycles. The van der Waals surface area contributed by atoms with E-state index in [1.54, 1.807) is 24.3 Å². The van der Waals surface area contributed by atoms with Gasteiger partial charge in [0.2, 0.25) is 0 Å². The molecule has 2 nitrogen and oxygen atoms in total. The van der Waals surface area contributed by atoms with Gasteiger partial charge in [-0.3, -0.25) is 0 Å². The largest absolute Gasteiger partial charge is 0.423 e. The van der Waals surface area contributed by atoms with Crippen LogP contribution in [0.2, 0.25) is 0 Å². The van der Waals surface area contributed by atoms with E-state index in [0.717, 1.165) is 5.22 Å². The lowest BCUT2D eigenvalue weighted by Crippen LogP contribution is -2.27. The number of hydrogen-bond donors (Lipinski definition) is 0. The van der Waals surface area contributed by atoms with E-state index >= 15 is 0 Å². The zero-order chi connectivity index (χ0) is 8.97. The van der Waals surface area contributed by atoms with Crippen LogP contribution in [0.15, 0.2) is 34.0 Å². The third-order valence-corrected chi connectivity index (χ3v) is 1.45. The van der Waals surface area contributed by atoms with Crippen LogP contribution in [0.4, 0.5) is 0 Å². The maximum absolute atomic E-state index is 10.8. The molecule has 0 aromatic carbocycles. The Morgan fingerprint density at radius 3 is 2.69 bits per heavy atom. The summed E-state index contributed by atoms with van der Waals surface area (Å²) in [5.74, 6) is 0. The quantitative estimate of drug-likeness (QED) is 0.643. The van der Waals surface area contributed by atoms with Gasteiger partial charge in [-0.2, -0.15) is 0 Å². The Balaban J connectivity index is 0.00000144. The lowest BCUT2D eigenvalue weighted by molar-refractivity contribution is 0.473. The molecular weight excluding hydrogens is 164 g/mol. The summed E-state index contributed by atoms with van der Waals surface area (Å²) in [7, 11) is 0. The Labute approximate surface area is 77.5 Å². The lowest BCUT2D eigenvalue weighted by atomic mass is 10.3. The van der Waals surface area contributed by atoms with Crippen LogP contribution in [0, 0.1) is 0 Å². The summed E-state index contributed by atoms with van der Waals surface area (Å²) in [5.41, 5.74) is 0.256. The van der Waals surface area contributed by atoms with Gasteiger partial charge < -0.3 is 4.42 Å². The van der Waals surface area contributed by atoms with Crippen molar-refractivity contribution in [1.82, 2.24) is 0 Å². The molecule has 0 bridgehead atoms. The van der Waals surface area contributed by atoms with E-state index in [1.165, 1.54) is 6.07 Å². The summed E-state index contributed by atoms with van der Waals surface area (Å²) in [6, 6.07) is 3.10. The molecule has 0 atom stereocenters. The highest BCUT2D eigenvalue weighted by molar-refractivity contribution is 5.35. The van der Waals surface area contributed by atoms with Gasteiger partial charge in [-0.15, -0.1) is 0 Å². The van der Waals surface area contributed by atoms with Crippen LogP contribution in [-0.2, 0) is 0 Å². The first-order valence-electron chi connectivity index (χ1n) is 3.67. The van der Waals surface area contributed by atoms with Gasteiger partial charge in [0, 0.05) is 11.3 Å². The van der Waals surface area contributed by atoms with E-state index in [4.69, 9.17) is 4.42 Å². The first-order valence-corrected chi connectivity index (χ1v) is 3.67. The fourth-order valence-electron chi connectivity index (χ4n) is 0.932. The number of hydrogen-bond acceptors (Lipinski definition) is 2. The maximum atomic E-state index is 10.8. The van der Waals surface area contributed by atoms with Crippen molar-refractivity contribution in [2.75, 3.05) is 0 Å². The molecule has 0 fully saturated rings. The van der Waals surface area contributed by atoms with E-state index in [9.17, 15) is 4.79 Å². The molecule has 0 saturated carbocycles. The van der Waals surface area contributed by atoms with Crippen molar-refractivity contribution in [1.29, 1.82) is 0 Å². The molecule has 70 valence electrons. The zero-order valence-corrected chi connectivity index (χ0v) is 6.91. The molecular formula is C11H14O2. The number of allylic oxidation sites excluding steroid dienone is 1. The van der Waals surface area contributed by atoms with Crippen molar-refractivity contribution in [2.24, 2.45) is 0 Å². The van der Waals surface area contributed by atoms with Crippen LogP contribution in [-0.4, -0.2) is 0 Å². The summed E-state index contributed by atoms with van der Waals surface area (Å²) in [4.78, 5) is 10.8. The summed E-state index contributed by atoms with van der Waals surface area (Å²) in [5, 5.41) is 0.868. The van der Waals surface area contributed by atoms with E-state index in [1.807, 2.05) is 6.92 Å². The molecule has 0 unspecified atom stereocenters. The molecule has 0 aliphatic carbocycles. The van der Waals surface area contributed by atoms with Gasteiger partial charge in [0.1, 0.15) is 5.42 Å². The Morgan fingerprint density at radius 2 is 2.15 bits per heavy atom. The smallest absolute Gasteiger partial charge is 0.336 e. The topological polar surface area (TPSA) is 30.2 Å². The average Bonchev–Trinajstić information content (AvgIpc) is 2.08. The molecule has 0 radical (unpaired) electrons. The predicted octanol–water partition coefficient (Wildman–Crippen LogP) is 1.04. The summed E-state index contributed by atoms with van der Waals surface area (Å²) < 4.78 is 4.92. The molecule has 0 spiro atoms. The van der Waals surface area contributed by atoms with Gasteiger partial charge in [0.15, 0.2) is 0 Å². The van der Waals surface area contributed by atoms with Gasteiger partial charge in [-0.25, -0.2) is 4.79 Å². The lowest BCUT2D eigenvalue weighted by Gasteiger charge is -1.85. The molecule has 1 heterocycles.